The molecule has 0 spiro atoms. The van der Waals surface area contributed by atoms with E-state index in [1.807, 2.05) is 31.2 Å². The molecule has 8 heteroatoms. The molecule has 0 saturated carbocycles. The van der Waals surface area contributed by atoms with Crippen LogP contribution >= 0.6 is 34.2 Å². The molecule has 1 heterocycles. The highest BCUT2D eigenvalue weighted by Crippen LogP contribution is 2.34. The van der Waals surface area contributed by atoms with Gasteiger partial charge in [0, 0.05) is 6.20 Å². The van der Waals surface area contributed by atoms with E-state index < -0.39 is 5.91 Å². The Morgan fingerprint density at radius 2 is 2.00 bits per heavy atom. The van der Waals surface area contributed by atoms with Crippen molar-refractivity contribution < 1.29 is 14.3 Å². The summed E-state index contributed by atoms with van der Waals surface area (Å²) < 4.78 is 12.7. The highest BCUT2D eigenvalue weighted by molar-refractivity contribution is 14.1. The molecule has 0 saturated heterocycles. The minimum Gasteiger partial charge on any atom is -0.490 e. The number of carbonyl (C=O) groups excluding carboxylic acids is 1. The Morgan fingerprint density at radius 1 is 1.23 bits per heavy atom. The SMILES string of the molecule is CCOc1cc(C=NNC(=O)c2cccnc2Cl)cc(I)c1OCc1ccc(C)cc1. The van der Waals surface area contributed by atoms with Gasteiger partial charge in [0.15, 0.2) is 11.5 Å². The van der Waals surface area contributed by atoms with Crippen LogP contribution in [0.5, 0.6) is 11.5 Å². The summed E-state index contributed by atoms with van der Waals surface area (Å²) in [6.07, 6.45) is 3.05. The second-order valence-corrected chi connectivity index (χ2v) is 8.10. The average Bonchev–Trinajstić information content (AvgIpc) is 2.75. The van der Waals surface area contributed by atoms with Gasteiger partial charge < -0.3 is 9.47 Å². The number of ether oxygens (including phenoxy) is 2. The number of aryl methyl sites for hydroxylation is 1. The predicted molar refractivity (Wildman–Crippen MR) is 130 cm³/mol. The second-order valence-electron chi connectivity index (χ2n) is 6.58. The number of rotatable bonds is 8. The molecule has 160 valence electrons. The zero-order chi connectivity index (χ0) is 22.2. The number of nitrogens with zero attached hydrogens (tertiary/aromatic N) is 2. The van der Waals surface area contributed by atoms with Gasteiger partial charge in [-0.2, -0.15) is 5.10 Å². The Kier molecular flexibility index (Phi) is 8.25. The molecule has 0 aliphatic heterocycles. The number of hydrogen-bond donors (Lipinski definition) is 1. The summed E-state index contributed by atoms with van der Waals surface area (Å²) in [6, 6.07) is 15.1. The maximum atomic E-state index is 12.2. The molecule has 31 heavy (non-hydrogen) atoms. The van der Waals surface area contributed by atoms with Crippen molar-refractivity contribution >= 4 is 46.3 Å². The summed E-state index contributed by atoms with van der Waals surface area (Å²) in [5.41, 5.74) is 5.75. The third-order valence-corrected chi connectivity index (χ3v) is 5.32. The first kappa shape index (κ1) is 23.0. The fourth-order valence-corrected chi connectivity index (χ4v) is 3.67. The first-order chi connectivity index (χ1) is 15.0. The van der Waals surface area contributed by atoms with E-state index in [1.54, 1.807) is 12.1 Å². The van der Waals surface area contributed by atoms with E-state index in [1.165, 1.54) is 18.0 Å². The Labute approximate surface area is 199 Å². The largest absolute Gasteiger partial charge is 0.490 e. The van der Waals surface area contributed by atoms with Gasteiger partial charge in [-0.1, -0.05) is 41.4 Å². The standard InChI is InChI=1S/C23H21ClIN3O3/c1-3-30-20-12-17(13-27-28-23(29)18-5-4-10-26-22(18)24)11-19(25)21(20)31-14-16-8-6-15(2)7-9-16/h4-13H,3,14H2,1-2H3,(H,28,29). The van der Waals surface area contributed by atoms with Crippen molar-refractivity contribution in [3.63, 3.8) is 0 Å². The highest BCUT2D eigenvalue weighted by Gasteiger charge is 2.13. The lowest BCUT2D eigenvalue weighted by atomic mass is 10.2. The number of nitrogens with one attached hydrogen (secondary N) is 1. The van der Waals surface area contributed by atoms with Crippen molar-refractivity contribution in [2.45, 2.75) is 20.5 Å². The minimum absolute atomic E-state index is 0.124. The quantitative estimate of drug-likeness (QED) is 0.177. The Bertz CT molecular complexity index is 1090. The number of benzene rings is 2. The average molecular weight is 550 g/mol. The van der Waals surface area contributed by atoms with Crippen LogP contribution in [-0.4, -0.2) is 23.7 Å². The van der Waals surface area contributed by atoms with Crippen LogP contribution in [-0.2, 0) is 6.61 Å². The van der Waals surface area contributed by atoms with Gasteiger partial charge in [0.2, 0.25) is 0 Å². The lowest BCUT2D eigenvalue weighted by Crippen LogP contribution is -2.18. The fraction of sp³-hybridized carbons (Fsp3) is 0.174. The number of hydrazone groups is 1. The van der Waals surface area contributed by atoms with Gasteiger partial charge in [-0.05, 0) is 71.8 Å². The van der Waals surface area contributed by atoms with E-state index >= 15 is 0 Å². The van der Waals surface area contributed by atoms with Gasteiger partial charge in [-0.3, -0.25) is 4.79 Å². The van der Waals surface area contributed by atoms with E-state index in [4.69, 9.17) is 21.1 Å². The molecule has 2 aromatic carbocycles. The zero-order valence-corrected chi connectivity index (χ0v) is 20.0. The van der Waals surface area contributed by atoms with E-state index in [9.17, 15) is 4.79 Å². The molecular formula is C23H21ClIN3O3. The Balaban J connectivity index is 1.73. The predicted octanol–water partition coefficient (Wildman–Crippen LogP) is 5.39. The van der Waals surface area contributed by atoms with Crippen LogP contribution in [0, 0.1) is 10.5 Å². The first-order valence-electron chi connectivity index (χ1n) is 9.56. The molecule has 1 amide bonds. The van der Waals surface area contributed by atoms with Crippen molar-refractivity contribution in [2.75, 3.05) is 6.61 Å². The normalized spacial score (nSPS) is 10.8. The summed E-state index contributed by atoms with van der Waals surface area (Å²) in [4.78, 5) is 16.1. The van der Waals surface area contributed by atoms with Crippen LogP contribution in [0.4, 0.5) is 0 Å². The zero-order valence-electron chi connectivity index (χ0n) is 17.1. The smallest absolute Gasteiger partial charge is 0.274 e. The molecule has 3 aromatic rings. The number of carbonyl (C=O) groups is 1. The van der Waals surface area contributed by atoms with Crippen molar-refractivity contribution in [1.29, 1.82) is 0 Å². The van der Waals surface area contributed by atoms with Crippen molar-refractivity contribution in [2.24, 2.45) is 5.10 Å². The summed E-state index contributed by atoms with van der Waals surface area (Å²) >= 11 is 8.13. The molecule has 0 atom stereocenters. The molecule has 0 fully saturated rings. The van der Waals surface area contributed by atoms with Crippen molar-refractivity contribution in [3.8, 4) is 11.5 Å². The highest BCUT2D eigenvalue weighted by atomic mass is 127. The van der Waals surface area contributed by atoms with E-state index in [0.29, 0.717) is 24.7 Å². The number of aromatic nitrogens is 1. The van der Waals surface area contributed by atoms with Gasteiger partial charge in [-0.25, -0.2) is 10.4 Å². The van der Waals surface area contributed by atoms with Gasteiger partial charge in [0.1, 0.15) is 11.8 Å². The van der Waals surface area contributed by atoms with Crippen molar-refractivity contribution in [1.82, 2.24) is 10.4 Å². The van der Waals surface area contributed by atoms with Crippen LogP contribution in [0.25, 0.3) is 0 Å². The molecule has 0 unspecified atom stereocenters. The maximum absolute atomic E-state index is 12.2. The molecule has 0 aliphatic rings. The third kappa shape index (κ3) is 6.41. The van der Waals surface area contributed by atoms with Crippen LogP contribution < -0.4 is 14.9 Å². The first-order valence-corrected chi connectivity index (χ1v) is 11.0. The Morgan fingerprint density at radius 3 is 2.71 bits per heavy atom. The van der Waals surface area contributed by atoms with E-state index in [0.717, 1.165) is 14.7 Å². The summed E-state index contributed by atoms with van der Waals surface area (Å²) in [5.74, 6) is 0.850. The summed E-state index contributed by atoms with van der Waals surface area (Å²) in [6.45, 7) is 4.89. The molecule has 0 radical (unpaired) electrons. The monoisotopic (exact) mass is 549 g/mol. The van der Waals surface area contributed by atoms with Gasteiger partial charge >= 0.3 is 0 Å². The summed E-state index contributed by atoms with van der Waals surface area (Å²) in [5, 5.41) is 4.15. The van der Waals surface area contributed by atoms with Crippen molar-refractivity contribution in [3.05, 3.63) is 85.7 Å². The number of halogens is 2. The number of amides is 1. The minimum atomic E-state index is -0.438. The second kappa shape index (κ2) is 11.1. The van der Waals surface area contributed by atoms with E-state index in [-0.39, 0.29) is 10.7 Å². The Hall–Kier alpha value is -2.65. The van der Waals surface area contributed by atoms with Crippen LogP contribution in [0.2, 0.25) is 5.15 Å². The van der Waals surface area contributed by atoms with Gasteiger partial charge in [0.25, 0.3) is 5.91 Å². The van der Waals surface area contributed by atoms with E-state index in [2.05, 4.69) is 57.2 Å². The number of hydrogen-bond acceptors (Lipinski definition) is 5. The third-order valence-electron chi connectivity index (χ3n) is 4.22. The topological polar surface area (TPSA) is 72.8 Å². The molecule has 1 N–H and O–H groups in total. The molecule has 0 aliphatic carbocycles. The van der Waals surface area contributed by atoms with Crippen LogP contribution in [0.15, 0.2) is 59.8 Å². The van der Waals surface area contributed by atoms with Gasteiger partial charge in [0.05, 0.1) is 22.0 Å². The molecule has 0 bridgehead atoms. The lowest BCUT2D eigenvalue weighted by molar-refractivity contribution is 0.0955. The molecular weight excluding hydrogens is 529 g/mol. The molecule has 6 nitrogen and oxygen atoms in total. The fourth-order valence-electron chi connectivity index (χ4n) is 2.69. The lowest BCUT2D eigenvalue weighted by Gasteiger charge is -2.15. The maximum Gasteiger partial charge on any atom is 0.274 e. The molecule has 3 rings (SSSR count). The number of pyridine rings is 1. The molecule has 1 aromatic heterocycles. The van der Waals surface area contributed by atoms with Gasteiger partial charge in [-0.15, -0.1) is 0 Å². The van der Waals surface area contributed by atoms with Crippen LogP contribution in [0.1, 0.15) is 34.0 Å². The summed E-state index contributed by atoms with van der Waals surface area (Å²) in [7, 11) is 0. The van der Waals surface area contributed by atoms with Crippen LogP contribution in [0.3, 0.4) is 0 Å².